The Morgan fingerprint density at radius 1 is 1.47 bits per heavy atom. The summed E-state index contributed by atoms with van der Waals surface area (Å²) in [6.07, 6.45) is 3.09. The number of carboxylic acid groups (broad SMARTS) is 1. The Hall–Kier alpha value is -2.77. The van der Waals surface area contributed by atoms with E-state index in [0.29, 0.717) is 5.69 Å². The van der Waals surface area contributed by atoms with E-state index < -0.39 is 12.0 Å². The summed E-state index contributed by atoms with van der Waals surface area (Å²) in [5, 5.41) is 14.0. The van der Waals surface area contributed by atoms with E-state index in [2.05, 4.69) is 25.6 Å². The quantitative estimate of drug-likeness (QED) is 0.566. The molecule has 19 heavy (non-hydrogen) atoms. The Balaban J connectivity index is 1.97. The van der Waals surface area contributed by atoms with Crippen LogP contribution in [-0.4, -0.2) is 32.1 Å². The molecule has 2 rings (SSSR count). The fourth-order valence-corrected chi connectivity index (χ4v) is 1.58. The van der Waals surface area contributed by atoms with Crippen LogP contribution in [0.1, 0.15) is 21.9 Å². The Kier molecular flexibility index (Phi) is 3.51. The largest absolute Gasteiger partial charge is 0.477 e. The van der Waals surface area contributed by atoms with E-state index in [-0.39, 0.29) is 17.9 Å². The monoisotopic (exact) mass is 263 g/mol. The van der Waals surface area contributed by atoms with Crippen LogP contribution in [0.2, 0.25) is 0 Å². The van der Waals surface area contributed by atoms with Crippen molar-refractivity contribution in [2.24, 2.45) is 0 Å². The molecule has 0 saturated heterocycles. The first-order chi connectivity index (χ1) is 9.06. The molecule has 5 N–H and O–H groups in total. The summed E-state index contributed by atoms with van der Waals surface area (Å²) in [4.78, 5) is 31.9. The number of carbonyl (C=O) groups is 2. The van der Waals surface area contributed by atoms with Crippen molar-refractivity contribution in [3.63, 3.8) is 0 Å². The minimum atomic E-state index is -1.13. The first-order valence-corrected chi connectivity index (χ1v) is 5.51. The number of anilines is 1. The number of aryl methyl sites for hydroxylation is 1. The normalized spacial score (nSPS) is 10.2. The number of aromatic nitrogens is 3. The summed E-state index contributed by atoms with van der Waals surface area (Å²) in [6.45, 7) is 1.98. The maximum absolute atomic E-state index is 11.6. The molecule has 0 aliphatic heterocycles. The summed E-state index contributed by atoms with van der Waals surface area (Å²) in [6, 6.07) is 1.07. The lowest BCUT2D eigenvalue weighted by Gasteiger charge is -2.05. The van der Waals surface area contributed by atoms with Crippen LogP contribution < -0.4 is 10.6 Å². The Morgan fingerprint density at radius 3 is 2.89 bits per heavy atom. The number of carbonyl (C=O) groups excluding carboxylic acids is 1. The van der Waals surface area contributed by atoms with Crippen molar-refractivity contribution in [2.45, 2.75) is 13.5 Å². The van der Waals surface area contributed by atoms with E-state index >= 15 is 0 Å². The minimum Gasteiger partial charge on any atom is -0.477 e. The molecule has 0 saturated carbocycles. The molecule has 0 radical (unpaired) electrons. The van der Waals surface area contributed by atoms with Crippen molar-refractivity contribution in [3.05, 3.63) is 35.7 Å². The number of carboxylic acids is 1. The van der Waals surface area contributed by atoms with Crippen molar-refractivity contribution in [3.8, 4) is 0 Å². The first-order valence-electron chi connectivity index (χ1n) is 5.51. The van der Waals surface area contributed by atoms with Gasteiger partial charge in [-0.25, -0.2) is 14.6 Å². The summed E-state index contributed by atoms with van der Waals surface area (Å²) in [5.41, 5.74) is 1.58. The van der Waals surface area contributed by atoms with Crippen molar-refractivity contribution < 1.29 is 14.7 Å². The highest BCUT2D eigenvalue weighted by Gasteiger charge is 2.15. The molecule has 0 aliphatic rings. The molecule has 8 nitrogen and oxygen atoms in total. The maximum atomic E-state index is 11.6. The Morgan fingerprint density at radius 2 is 2.26 bits per heavy atom. The number of amides is 2. The molecule has 0 spiro atoms. The highest BCUT2D eigenvalue weighted by atomic mass is 16.4. The molecule has 0 aromatic carbocycles. The number of imidazole rings is 1. The molecule has 0 fully saturated rings. The van der Waals surface area contributed by atoms with Gasteiger partial charge in [0.15, 0.2) is 0 Å². The first kappa shape index (κ1) is 12.7. The van der Waals surface area contributed by atoms with Crippen molar-refractivity contribution in [1.82, 2.24) is 20.3 Å². The third-order valence-corrected chi connectivity index (χ3v) is 2.41. The predicted molar refractivity (Wildman–Crippen MR) is 66.9 cm³/mol. The number of hydrogen-bond donors (Lipinski definition) is 5. The van der Waals surface area contributed by atoms with Gasteiger partial charge in [-0.2, -0.15) is 0 Å². The van der Waals surface area contributed by atoms with Gasteiger partial charge >= 0.3 is 12.0 Å². The molecule has 2 aromatic heterocycles. The van der Waals surface area contributed by atoms with Crippen LogP contribution in [-0.2, 0) is 6.54 Å². The van der Waals surface area contributed by atoms with Crippen LogP contribution >= 0.6 is 0 Å². The highest BCUT2D eigenvalue weighted by Crippen LogP contribution is 2.16. The molecule has 0 atom stereocenters. The smallest absolute Gasteiger partial charge is 0.354 e. The third-order valence-electron chi connectivity index (χ3n) is 2.41. The Labute approximate surface area is 108 Å². The van der Waals surface area contributed by atoms with Gasteiger partial charge in [-0.1, -0.05) is 0 Å². The summed E-state index contributed by atoms with van der Waals surface area (Å²) in [7, 11) is 0. The molecule has 100 valence electrons. The van der Waals surface area contributed by atoms with E-state index in [1.54, 1.807) is 19.2 Å². The van der Waals surface area contributed by atoms with Crippen LogP contribution in [0.15, 0.2) is 18.6 Å². The zero-order chi connectivity index (χ0) is 13.8. The lowest BCUT2D eigenvalue weighted by molar-refractivity contribution is 0.0692. The van der Waals surface area contributed by atoms with Gasteiger partial charge in [0.25, 0.3) is 0 Å². The van der Waals surface area contributed by atoms with E-state index in [4.69, 9.17) is 5.11 Å². The van der Waals surface area contributed by atoms with Gasteiger partial charge in [0.05, 0.1) is 24.3 Å². The number of hydrogen-bond acceptors (Lipinski definition) is 3. The number of nitrogens with zero attached hydrogens (tertiary/aromatic N) is 1. The van der Waals surface area contributed by atoms with E-state index in [0.717, 1.165) is 5.69 Å². The molecule has 0 unspecified atom stereocenters. The molecule has 2 amide bonds. The summed E-state index contributed by atoms with van der Waals surface area (Å²) >= 11 is 0. The summed E-state index contributed by atoms with van der Waals surface area (Å²) < 4.78 is 0. The van der Waals surface area contributed by atoms with Crippen molar-refractivity contribution >= 4 is 17.7 Å². The van der Waals surface area contributed by atoms with Gasteiger partial charge in [-0.3, -0.25) is 0 Å². The summed E-state index contributed by atoms with van der Waals surface area (Å²) in [5.74, 6) is -1.13. The van der Waals surface area contributed by atoms with E-state index in [9.17, 15) is 9.59 Å². The van der Waals surface area contributed by atoms with E-state index in [1.165, 1.54) is 6.33 Å². The second-order valence-corrected chi connectivity index (χ2v) is 3.93. The van der Waals surface area contributed by atoms with Gasteiger partial charge in [-0.15, -0.1) is 0 Å². The topological polar surface area (TPSA) is 123 Å². The number of aromatic amines is 2. The second kappa shape index (κ2) is 5.25. The molecule has 0 aliphatic carbocycles. The number of urea groups is 1. The number of aromatic carboxylic acids is 1. The molecule has 0 bridgehead atoms. The minimum absolute atomic E-state index is 0.0470. The molecular weight excluding hydrogens is 250 g/mol. The van der Waals surface area contributed by atoms with Crippen LogP contribution in [0.3, 0.4) is 0 Å². The average Bonchev–Trinajstić information content (AvgIpc) is 2.96. The average molecular weight is 263 g/mol. The highest BCUT2D eigenvalue weighted by molar-refractivity contribution is 5.99. The van der Waals surface area contributed by atoms with E-state index in [1.807, 2.05) is 0 Å². The van der Waals surface area contributed by atoms with Gasteiger partial charge < -0.3 is 25.7 Å². The number of nitrogens with one attached hydrogen (secondary N) is 4. The van der Waals surface area contributed by atoms with Gasteiger partial charge in [0.2, 0.25) is 0 Å². The fourth-order valence-electron chi connectivity index (χ4n) is 1.58. The standard InChI is InChI=1S/C11H13N5O3/c1-6-2-8(9(15-6)10(17)18)16-11(19)13-4-7-3-12-5-14-7/h2-3,5,15H,4H2,1H3,(H,12,14)(H,17,18)(H2,13,16,19). The van der Waals surface area contributed by atoms with Gasteiger partial charge in [0, 0.05) is 11.9 Å². The predicted octanol–water partition coefficient (Wildman–Crippen LogP) is 1.07. The molecule has 2 heterocycles. The SMILES string of the molecule is Cc1cc(NC(=O)NCc2cnc[nH]2)c(C(=O)O)[nH]1. The van der Waals surface area contributed by atoms with Crippen LogP contribution in [0.25, 0.3) is 0 Å². The van der Waals surface area contributed by atoms with Crippen molar-refractivity contribution in [1.29, 1.82) is 0 Å². The Bertz CT molecular complexity index is 588. The van der Waals surface area contributed by atoms with Crippen LogP contribution in [0, 0.1) is 6.92 Å². The molecule has 8 heteroatoms. The van der Waals surface area contributed by atoms with Crippen LogP contribution in [0.4, 0.5) is 10.5 Å². The molecular formula is C11H13N5O3. The second-order valence-electron chi connectivity index (χ2n) is 3.93. The maximum Gasteiger partial charge on any atom is 0.354 e. The zero-order valence-corrected chi connectivity index (χ0v) is 10.2. The van der Waals surface area contributed by atoms with Crippen LogP contribution in [0.5, 0.6) is 0 Å². The molecule has 2 aromatic rings. The van der Waals surface area contributed by atoms with Crippen molar-refractivity contribution in [2.75, 3.05) is 5.32 Å². The lowest BCUT2D eigenvalue weighted by Crippen LogP contribution is -2.28. The number of rotatable bonds is 4. The van der Waals surface area contributed by atoms with Gasteiger partial charge in [-0.05, 0) is 13.0 Å². The fraction of sp³-hybridized carbons (Fsp3) is 0.182. The lowest BCUT2D eigenvalue weighted by atomic mass is 10.3. The zero-order valence-electron chi connectivity index (χ0n) is 10.2. The number of H-pyrrole nitrogens is 2. The third kappa shape index (κ3) is 3.12. The van der Waals surface area contributed by atoms with Gasteiger partial charge in [0.1, 0.15) is 5.69 Å².